The first kappa shape index (κ1) is 14.5. The molecule has 4 heteroatoms. The molecule has 0 amide bonds. The van der Waals surface area contributed by atoms with E-state index in [0.29, 0.717) is 19.2 Å². The first-order chi connectivity index (χ1) is 8.19. The number of likely N-dealkylation sites (tertiary alicyclic amines) is 1. The molecule has 0 aromatic heterocycles. The quantitative estimate of drug-likeness (QED) is 0.744. The summed E-state index contributed by atoms with van der Waals surface area (Å²) in [4.78, 5) is 13.4. The molecule has 0 radical (unpaired) electrons. The van der Waals surface area contributed by atoms with Gasteiger partial charge in [-0.1, -0.05) is 19.8 Å². The Kier molecular flexibility index (Phi) is 6.52. The maximum Gasteiger partial charge on any atom is 0.334 e. The number of carbonyl (C=O) groups is 1. The number of nitrogens with zero attached hydrogens (tertiary/aromatic N) is 1. The van der Waals surface area contributed by atoms with Crippen LogP contribution in [0.5, 0.6) is 0 Å². The van der Waals surface area contributed by atoms with E-state index in [1.165, 1.54) is 25.7 Å². The summed E-state index contributed by atoms with van der Waals surface area (Å²) in [7, 11) is 0. The fourth-order valence-corrected chi connectivity index (χ4v) is 2.58. The van der Waals surface area contributed by atoms with E-state index in [2.05, 4.69) is 11.8 Å². The maximum atomic E-state index is 11.1. The summed E-state index contributed by atoms with van der Waals surface area (Å²) in [5.74, 6) is -0.840. The molecule has 1 aliphatic rings. The molecule has 0 aromatic rings. The number of aliphatic carboxylic acids is 1. The summed E-state index contributed by atoms with van der Waals surface area (Å²) >= 11 is 0. The van der Waals surface area contributed by atoms with Crippen LogP contribution < -0.4 is 0 Å². The van der Waals surface area contributed by atoms with Gasteiger partial charge in [0.25, 0.3) is 0 Å². The molecule has 1 aliphatic heterocycles. The fourth-order valence-electron chi connectivity index (χ4n) is 2.58. The number of carboxylic acid groups (broad SMARTS) is 1. The highest BCUT2D eigenvalue weighted by Gasteiger charge is 2.27. The van der Waals surface area contributed by atoms with Crippen LogP contribution in [0.4, 0.5) is 0 Å². The van der Waals surface area contributed by atoms with Crippen LogP contribution in [0.1, 0.15) is 46.0 Å². The molecule has 1 N–H and O–H groups in total. The van der Waals surface area contributed by atoms with Crippen molar-refractivity contribution in [2.75, 3.05) is 19.7 Å². The van der Waals surface area contributed by atoms with E-state index >= 15 is 0 Å². The van der Waals surface area contributed by atoms with Gasteiger partial charge in [-0.3, -0.25) is 4.90 Å². The Morgan fingerprint density at radius 1 is 1.47 bits per heavy atom. The van der Waals surface area contributed by atoms with Crippen molar-refractivity contribution < 1.29 is 14.6 Å². The monoisotopic (exact) mass is 243 g/mol. The van der Waals surface area contributed by atoms with E-state index in [1.807, 2.05) is 6.92 Å². The van der Waals surface area contributed by atoms with Gasteiger partial charge in [-0.2, -0.15) is 0 Å². The normalized spacial score (nSPS) is 23.5. The van der Waals surface area contributed by atoms with Crippen LogP contribution in [-0.2, 0) is 9.53 Å². The van der Waals surface area contributed by atoms with Gasteiger partial charge in [0.15, 0.2) is 6.10 Å². The van der Waals surface area contributed by atoms with Crippen LogP contribution in [0.2, 0.25) is 0 Å². The second-order valence-electron chi connectivity index (χ2n) is 4.72. The maximum absolute atomic E-state index is 11.1. The van der Waals surface area contributed by atoms with Gasteiger partial charge in [-0.25, -0.2) is 4.79 Å². The lowest BCUT2D eigenvalue weighted by molar-refractivity contribution is -0.152. The van der Waals surface area contributed by atoms with E-state index in [-0.39, 0.29) is 0 Å². The van der Waals surface area contributed by atoms with Crippen molar-refractivity contribution in [1.29, 1.82) is 0 Å². The summed E-state index contributed by atoms with van der Waals surface area (Å²) in [6, 6.07) is 0.552. The van der Waals surface area contributed by atoms with Crippen molar-refractivity contribution in [2.45, 2.75) is 58.1 Å². The minimum atomic E-state index is -0.840. The zero-order chi connectivity index (χ0) is 12.7. The summed E-state index contributed by atoms with van der Waals surface area (Å²) in [6.45, 7) is 6.04. The molecule has 0 aromatic carbocycles. The van der Waals surface area contributed by atoms with Crippen molar-refractivity contribution in [3.05, 3.63) is 0 Å². The average molecular weight is 243 g/mol. The molecule has 0 aliphatic carbocycles. The zero-order valence-corrected chi connectivity index (χ0v) is 11.0. The van der Waals surface area contributed by atoms with Gasteiger partial charge in [0, 0.05) is 19.2 Å². The molecule has 0 bridgehead atoms. The lowest BCUT2D eigenvalue weighted by Crippen LogP contribution is -2.46. The predicted molar refractivity (Wildman–Crippen MR) is 67.2 cm³/mol. The molecular weight excluding hydrogens is 218 g/mol. The number of carboxylic acids is 1. The highest BCUT2D eigenvalue weighted by Crippen LogP contribution is 2.21. The molecular formula is C13H25NO3. The first-order valence-electron chi connectivity index (χ1n) is 6.77. The van der Waals surface area contributed by atoms with Crippen molar-refractivity contribution in [3.8, 4) is 0 Å². The minimum Gasteiger partial charge on any atom is -0.479 e. The Labute approximate surface area is 104 Å². The second kappa shape index (κ2) is 7.67. The van der Waals surface area contributed by atoms with Crippen LogP contribution in [0.3, 0.4) is 0 Å². The van der Waals surface area contributed by atoms with Crippen LogP contribution >= 0.6 is 0 Å². The van der Waals surface area contributed by atoms with Gasteiger partial charge in [-0.15, -0.1) is 0 Å². The molecule has 1 heterocycles. The van der Waals surface area contributed by atoms with E-state index in [1.54, 1.807) is 0 Å². The number of rotatable bonds is 7. The van der Waals surface area contributed by atoms with Gasteiger partial charge in [0.1, 0.15) is 0 Å². The summed E-state index contributed by atoms with van der Waals surface area (Å²) < 4.78 is 5.29. The van der Waals surface area contributed by atoms with E-state index in [4.69, 9.17) is 9.84 Å². The lowest BCUT2D eigenvalue weighted by Gasteiger charge is -2.36. The van der Waals surface area contributed by atoms with Gasteiger partial charge in [-0.05, 0) is 32.7 Å². The molecule has 0 spiro atoms. The summed E-state index contributed by atoms with van der Waals surface area (Å²) in [5, 5.41) is 9.10. The van der Waals surface area contributed by atoms with Crippen LogP contribution in [-0.4, -0.2) is 47.8 Å². The molecule has 1 fully saturated rings. The molecule has 2 atom stereocenters. The molecule has 17 heavy (non-hydrogen) atoms. The Morgan fingerprint density at radius 3 is 2.82 bits per heavy atom. The Balaban J connectivity index is 2.52. The smallest absolute Gasteiger partial charge is 0.334 e. The molecule has 4 nitrogen and oxygen atoms in total. The van der Waals surface area contributed by atoms with Gasteiger partial charge in [0.2, 0.25) is 0 Å². The highest BCUT2D eigenvalue weighted by molar-refractivity contribution is 5.72. The van der Waals surface area contributed by atoms with Crippen molar-refractivity contribution >= 4 is 5.97 Å². The highest BCUT2D eigenvalue weighted by atomic mass is 16.5. The van der Waals surface area contributed by atoms with E-state index < -0.39 is 12.1 Å². The fraction of sp³-hybridized carbons (Fsp3) is 0.923. The third-order valence-electron chi connectivity index (χ3n) is 3.41. The lowest BCUT2D eigenvalue weighted by atomic mass is 9.98. The second-order valence-corrected chi connectivity index (χ2v) is 4.72. The average Bonchev–Trinajstić information content (AvgIpc) is 2.31. The third kappa shape index (κ3) is 4.64. The Hall–Kier alpha value is -0.610. The molecule has 100 valence electrons. The SMILES string of the molecule is CCCC1CCCCN1CC(OCC)C(=O)O. The molecule has 1 saturated heterocycles. The van der Waals surface area contributed by atoms with E-state index in [9.17, 15) is 4.79 Å². The summed E-state index contributed by atoms with van der Waals surface area (Å²) in [5.41, 5.74) is 0. The third-order valence-corrected chi connectivity index (χ3v) is 3.41. The van der Waals surface area contributed by atoms with Crippen molar-refractivity contribution in [2.24, 2.45) is 0 Å². The predicted octanol–water partition coefficient (Wildman–Crippen LogP) is 2.13. The largest absolute Gasteiger partial charge is 0.479 e. The van der Waals surface area contributed by atoms with E-state index in [0.717, 1.165) is 13.0 Å². The number of ether oxygens (including phenoxy) is 1. The first-order valence-corrected chi connectivity index (χ1v) is 6.77. The number of piperidine rings is 1. The molecule has 2 unspecified atom stereocenters. The number of hydrogen-bond donors (Lipinski definition) is 1. The topological polar surface area (TPSA) is 49.8 Å². The molecule has 1 rings (SSSR count). The van der Waals surface area contributed by atoms with Crippen molar-refractivity contribution in [3.63, 3.8) is 0 Å². The van der Waals surface area contributed by atoms with Gasteiger partial charge in [0.05, 0.1) is 0 Å². The van der Waals surface area contributed by atoms with Crippen molar-refractivity contribution in [1.82, 2.24) is 4.90 Å². The standard InChI is InChI=1S/C13H25NO3/c1-3-7-11-8-5-6-9-14(11)10-12(13(15)16)17-4-2/h11-12H,3-10H2,1-2H3,(H,15,16). The Bertz CT molecular complexity index is 231. The minimum absolute atomic E-state index is 0.462. The van der Waals surface area contributed by atoms with Crippen LogP contribution in [0.25, 0.3) is 0 Å². The van der Waals surface area contributed by atoms with Gasteiger partial charge >= 0.3 is 5.97 Å². The van der Waals surface area contributed by atoms with Crippen LogP contribution in [0, 0.1) is 0 Å². The Morgan fingerprint density at radius 2 is 2.24 bits per heavy atom. The summed E-state index contributed by atoms with van der Waals surface area (Å²) in [6.07, 6.45) is 5.31. The molecule has 0 saturated carbocycles. The number of hydrogen-bond acceptors (Lipinski definition) is 3. The van der Waals surface area contributed by atoms with Crippen LogP contribution in [0.15, 0.2) is 0 Å². The van der Waals surface area contributed by atoms with Gasteiger partial charge < -0.3 is 9.84 Å². The zero-order valence-electron chi connectivity index (χ0n) is 11.0.